The van der Waals surface area contributed by atoms with Gasteiger partial charge >= 0.3 is 0 Å². The van der Waals surface area contributed by atoms with Crippen LogP contribution in [0.1, 0.15) is 38.9 Å². The molecule has 1 aromatic rings. The third-order valence-electron chi connectivity index (χ3n) is 5.42. The van der Waals surface area contributed by atoms with Crippen molar-refractivity contribution in [1.82, 2.24) is 0 Å². The first-order chi connectivity index (χ1) is 10.3. The predicted octanol–water partition coefficient (Wildman–Crippen LogP) is 2.75. The van der Waals surface area contributed by atoms with Crippen molar-refractivity contribution in [2.75, 3.05) is 7.11 Å². The average Bonchev–Trinajstić information content (AvgIpc) is 2.51. The number of aliphatic hydroxyl groups is 1. The first-order valence-electron chi connectivity index (χ1n) is 7.88. The van der Waals surface area contributed by atoms with E-state index >= 15 is 0 Å². The number of aliphatic hydroxyl groups excluding tert-OH is 1. The molecule has 2 aliphatic rings. The van der Waals surface area contributed by atoms with E-state index in [0.29, 0.717) is 0 Å². The summed E-state index contributed by atoms with van der Waals surface area (Å²) in [4.78, 5) is 12.3. The lowest BCUT2D eigenvalue weighted by Gasteiger charge is -2.52. The molecule has 1 heterocycles. The Kier molecular flexibility index (Phi) is 3.77. The number of hydrogen-bond donors (Lipinski definition) is 1. The first-order valence-corrected chi connectivity index (χ1v) is 7.88. The number of fused-ring (bicyclic) bond motifs is 2. The molecule has 4 heteroatoms. The molecule has 1 saturated carbocycles. The van der Waals surface area contributed by atoms with E-state index in [1.165, 1.54) is 0 Å². The lowest BCUT2D eigenvalue weighted by Crippen LogP contribution is -2.57. The van der Waals surface area contributed by atoms with Crippen LogP contribution in [-0.4, -0.2) is 29.7 Å². The molecule has 1 aliphatic carbocycles. The van der Waals surface area contributed by atoms with E-state index < -0.39 is 11.7 Å². The van der Waals surface area contributed by atoms with Crippen LogP contribution in [0.5, 0.6) is 5.75 Å². The molecular weight excluding hydrogens is 280 g/mol. The van der Waals surface area contributed by atoms with E-state index in [1.54, 1.807) is 7.11 Å². The van der Waals surface area contributed by atoms with Gasteiger partial charge in [-0.05, 0) is 49.8 Å². The molecule has 1 N–H and O–H groups in total. The molecule has 22 heavy (non-hydrogen) atoms. The molecular formula is C18H24O4. The zero-order chi connectivity index (χ0) is 16.1. The van der Waals surface area contributed by atoms with Crippen molar-refractivity contribution < 1.29 is 19.4 Å². The number of methoxy groups -OCH3 is 1. The fraction of sp³-hybridized carbons (Fsp3) is 0.611. The van der Waals surface area contributed by atoms with E-state index in [0.717, 1.165) is 17.7 Å². The number of rotatable bonds is 2. The molecule has 1 unspecified atom stereocenters. The molecule has 0 spiro atoms. The summed E-state index contributed by atoms with van der Waals surface area (Å²) in [5.41, 5.74) is 0.518. The summed E-state index contributed by atoms with van der Waals surface area (Å²) in [7, 11) is 1.64. The monoisotopic (exact) mass is 304 g/mol. The Morgan fingerprint density at radius 2 is 1.91 bits per heavy atom. The first kappa shape index (κ1) is 15.5. The summed E-state index contributed by atoms with van der Waals surface area (Å²) < 4.78 is 11.5. The Labute approximate surface area is 131 Å². The van der Waals surface area contributed by atoms with Crippen LogP contribution in [0.25, 0.3) is 0 Å². The van der Waals surface area contributed by atoms with Crippen LogP contribution in [0, 0.1) is 17.8 Å². The Bertz CT molecular complexity index is 563. The highest BCUT2D eigenvalue weighted by atomic mass is 16.5. The Morgan fingerprint density at radius 3 is 2.50 bits per heavy atom. The van der Waals surface area contributed by atoms with Gasteiger partial charge in [-0.2, -0.15) is 0 Å². The van der Waals surface area contributed by atoms with E-state index in [-0.39, 0.29) is 29.6 Å². The van der Waals surface area contributed by atoms with E-state index in [2.05, 4.69) is 0 Å². The maximum atomic E-state index is 12.3. The number of ketones is 1. The third-order valence-corrected chi connectivity index (χ3v) is 5.42. The molecule has 4 nitrogen and oxygen atoms in total. The maximum Gasteiger partial charge on any atom is 0.167 e. The van der Waals surface area contributed by atoms with Gasteiger partial charge in [-0.1, -0.05) is 19.1 Å². The van der Waals surface area contributed by atoms with Crippen molar-refractivity contribution in [1.29, 1.82) is 0 Å². The van der Waals surface area contributed by atoms with E-state index in [9.17, 15) is 9.90 Å². The quantitative estimate of drug-likeness (QED) is 0.913. The molecule has 1 aliphatic heterocycles. The van der Waals surface area contributed by atoms with Gasteiger partial charge in [-0.25, -0.2) is 0 Å². The number of hydrogen-bond acceptors (Lipinski definition) is 4. The average molecular weight is 304 g/mol. The standard InChI is InChI=1S/C18H24O4/c1-10-13-9-14(16(20)15(10)19)18(2,3)22-17(13)11-5-7-12(21-4)8-6-11/h5-8,10,13-15,17,19H,9H2,1-4H3/t10-,13+,14-,15?,17-/m1/s1. The van der Waals surface area contributed by atoms with Gasteiger partial charge in [-0.15, -0.1) is 0 Å². The predicted molar refractivity (Wildman–Crippen MR) is 82.7 cm³/mol. The summed E-state index contributed by atoms with van der Waals surface area (Å²) in [6, 6.07) is 7.87. The summed E-state index contributed by atoms with van der Waals surface area (Å²) in [6.45, 7) is 5.84. The fourth-order valence-electron chi connectivity index (χ4n) is 3.93. The van der Waals surface area contributed by atoms with Crippen LogP contribution in [-0.2, 0) is 9.53 Å². The van der Waals surface area contributed by atoms with Gasteiger partial charge in [0.25, 0.3) is 0 Å². The molecule has 1 aromatic carbocycles. The molecule has 5 atom stereocenters. The van der Waals surface area contributed by atoms with Crippen LogP contribution < -0.4 is 4.74 Å². The van der Waals surface area contributed by atoms with Gasteiger partial charge < -0.3 is 14.6 Å². The van der Waals surface area contributed by atoms with Crippen molar-refractivity contribution in [2.45, 2.75) is 45.0 Å². The molecule has 2 fully saturated rings. The van der Waals surface area contributed by atoms with Gasteiger partial charge in [0.15, 0.2) is 5.78 Å². The third kappa shape index (κ3) is 2.34. The lowest BCUT2D eigenvalue weighted by atomic mass is 9.62. The fourth-order valence-corrected chi connectivity index (χ4v) is 3.93. The minimum Gasteiger partial charge on any atom is -0.497 e. The molecule has 3 rings (SSSR count). The van der Waals surface area contributed by atoms with Crippen molar-refractivity contribution in [3.63, 3.8) is 0 Å². The number of carbonyl (C=O) groups is 1. The van der Waals surface area contributed by atoms with Crippen molar-refractivity contribution >= 4 is 5.78 Å². The van der Waals surface area contributed by atoms with Crippen LogP contribution in [0.3, 0.4) is 0 Å². The number of ether oxygens (including phenoxy) is 2. The zero-order valence-corrected chi connectivity index (χ0v) is 13.6. The van der Waals surface area contributed by atoms with Crippen LogP contribution in [0.4, 0.5) is 0 Å². The van der Waals surface area contributed by atoms with Crippen molar-refractivity contribution in [3.8, 4) is 5.75 Å². The number of benzene rings is 1. The summed E-state index contributed by atoms with van der Waals surface area (Å²) in [6.07, 6.45) is -0.205. The highest BCUT2D eigenvalue weighted by Gasteiger charge is 2.54. The van der Waals surface area contributed by atoms with Crippen LogP contribution >= 0.6 is 0 Å². The second-order valence-corrected chi connectivity index (χ2v) is 7.07. The summed E-state index contributed by atoms with van der Waals surface area (Å²) >= 11 is 0. The second kappa shape index (κ2) is 5.36. The topological polar surface area (TPSA) is 55.8 Å². The van der Waals surface area contributed by atoms with Crippen LogP contribution in [0.15, 0.2) is 24.3 Å². The smallest absolute Gasteiger partial charge is 0.167 e. The van der Waals surface area contributed by atoms with Gasteiger partial charge in [0.1, 0.15) is 11.9 Å². The Hall–Kier alpha value is -1.39. The lowest BCUT2D eigenvalue weighted by molar-refractivity contribution is -0.211. The van der Waals surface area contributed by atoms with Crippen molar-refractivity contribution in [2.24, 2.45) is 17.8 Å². The van der Waals surface area contributed by atoms with Crippen molar-refractivity contribution in [3.05, 3.63) is 29.8 Å². The Balaban J connectivity index is 1.95. The minimum absolute atomic E-state index is 0.0677. The highest BCUT2D eigenvalue weighted by Crippen LogP contribution is 2.51. The van der Waals surface area contributed by atoms with Gasteiger partial charge in [0.05, 0.1) is 18.8 Å². The van der Waals surface area contributed by atoms with Gasteiger partial charge in [-0.3, -0.25) is 4.79 Å². The summed E-state index contributed by atoms with van der Waals surface area (Å²) in [5.74, 6) is 0.579. The maximum absolute atomic E-state index is 12.3. The molecule has 0 aromatic heterocycles. The second-order valence-electron chi connectivity index (χ2n) is 7.07. The zero-order valence-electron chi connectivity index (χ0n) is 13.6. The highest BCUT2D eigenvalue weighted by molar-refractivity contribution is 5.87. The molecule has 120 valence electrons. The minimum atomic E-state index is -0.882. The van der Waals surface area contributed by atoms with Gasteiger partial charge in [0, 0.05) is 5.92 Å². The van der Waals surface area contributed by atoms with Crippen LogP contribution in [0.2, 0.25) is 0 Å². The molecule has 0 radical (unpaired) electrons. The molecule has 0 amide bonds. The number of Topliss-reactive ketones (excluding diaryl/α,β-unsaturated/α-hetero) is 1. The normalized spacial score (nSPS) is 37.0. The SMILES string of the molecule is COc1ccc([C@H]2OC(C)(C)[C@@H]3C[C@H]2[C@@H](C)C(O)C3=O)cc1. The summed E-state index contributed by atoms with van der Waals surface area (Å²) in [5, 5.41) is 10.3. The number of carbonyl (C=O) groups excluding carboxylic acids is 1. The van der Waals surface area contributed by atoms with E-state index in [1.807, 2.05) is 45.0 Å². The largest absolute Gasteiger partial charge is 0.497 e. The van der Waals surface area contributed by atoms with Gasteiger partial charge in [0.2, 0.25) is 0 Å². The van der Waals surface area contributed by atoms with E-state index in [4.69, 9.17) is 9.47 Å². The molecule has 1 saturated heterocycles. The molecule has 2 bridgehead atoms. The Morgan fingerprint density at radius 1 is 1.27 bits per heavy atom.